The zero-order valence-corrected chi connectivity index (χ0v) is 7.31. The van der Waals surface area contributed by atoms with Gasteiger partial charge < -0.3 is 10.1 Å². The lowest BCUT2D eigenvalue weighted by Gasteiger charge is -1.89. The van der Waals surface area contributed by atoms with E-state index in [4.69, 9.17) is 0 Å². The molecule has 0 amide bonds. The number of aldehydes is 1. The number of hydrogen-bond donors (Lipinski definition) is 1. The summed E-state index contributed by atoms with van der Waals surface area (Å²) in [7, 11) is 1.98. The van der Waals surface area contributed by atoms with Crippen molar-refractivity contribution in [3.8, 4) is 0 Å². The molecule has 0 unspecified atom stereocenters. The molecule has 1 N–H and O–H groups in total. The van der Waals surface area contributed by atoms with Crippen LogP contribution in [0.4, 0.5) is 0 Å². The summed E-state index contributed by atoms with van der Waals surface area (Å²) < 4.78 is 0. The molecule has 0 atom stereocenters. The first-order chi connectivity index (χ1) is 4.83. The van der Waals surface area contributed by atoms with Crippen LogP contribution >= 0.6 is 0 Å². The van der Waals surface area contributed by atoms with Crippen LogP contribution in [0.5, 0.6) is 0 Å². The quantitative estimate of drug-likeness (QED) is 0.481. The van der Waals surface area contributed by atoms with E-state index in [0.717, 1.165) is 12.8 Å². The topological polar surface area (TPSA) is 29.1 Å². The number of nitrogens with one attached hydrogen (secondary N) is 1. The molecule has 2 nitrogen and oxygen atoms in total. The monoisotopic (exact) mass is 145 g/mol. The molecule has 0 bridgehead atoms. The van der Waals surface area contributed by atoms with Gasteiger partial charge in [0.25, 0.3) is 0 Å². The fraction of sp³-hybridized carbons (Fsp3) is 0.875. The van der Waals surface area contributed by atoms with Crippen molar-refractivity contribution in [1.29, 1.82) is 0 Å². The minimum Gasteiger partial charge on any atom is -0.320 e. The molecule has 2 heteroatoms. The second kappa shape index (κ2) is 15.9. The third-order valence-corrected chi connectivity index (χ3v) is 0.947. The molecule has 0 radical (unpaired) electrons. The zero-order valence-electron chi connectivity index (χ0n) is 7.31. The summed E-state index contributed by atoms with van der Waals surface area (Å²) in [5.74, 6) is 0. The highest BCUT2D eigenvalue weighted by Crippen LogP contribution is 1.79. The number of hydrogen-bond acceptors (Lipinski definition) is 2. The van der Waals surface area contributed by atoms with Gasteiger partial charge in [0.15, 0.2) is 0 Å². The van der Waals surface area contributed by atoms with E-state index in [9.17, 15) is 4.79 Å². The van der Waals surface area contributed by atoms with Gasteiger partial charge in [0.1, 0.15) is 6.29 Å². The van der Waals surface area contributed by atoms with Crippen LogP contribution in [0.2, 0.25) is 0 Å². The Labute approximate surface area is 64.0 Å². The molecule has 0 fully saturated rings. The molecular weight excluding hydrogens is 126 g/mol. The van der Waals surface area contributed by atoms with E-state index in [1.165, 1.54) is 12.8 Å². The Hall–Kier alpha value is -0.370. The molecule has 0 saturated carbocycles. The Kier molecular flexibility index (Phi) is 19.5. The number of carbonyl (C=O) groups excluding carboxylic acids is 1. The van der Waals surface area contributed by atoms with Gasteiger partial charge in [0.2, 0.25) is 0 Å². The Morgan fingerprint density at radius 3 is 2.00 bits per heavy atom. The van der Waals surface area contributed by atoms with Crippen molar-refractivity contribution in [2.45, 2.75) is 33.1 Å². The van der Waals surface area contributed by atoms with Gasteiger partial charge in [0.05, 0.1) is 0 Å². The highest BCUT2D eigenvalue weighted by atomic mass is 16.1. The van der Waals surface area contributed by atoms with Crippen LogP contribution in [0.1, 0.15) is 33.1 Å². The van der Waals surface area contributed by atoms with Gasteiger partial charge in [0, 0.05) is 6.42 Å². The highest BCUT2D eigenvalue weighted by molar-refractivity contribution is 5.48. The average Bonchev–Trinajstić information content (AvgIpc) is 2.01. The van der Waals surface area contributed by atoms with E-state index in [1.807, 2.05) is 14.0 Å². The van der Waals surface area contributed by atoms with E-state index in [2.05, 4.69) is 12.2 Å². The fourth-order valence-corrected chi connectivity index (χ4v) is 0.354. The van der Waals surface area contributed by atoms with E-state index in [1.54, 1.807) is 0 Å². The van der Waals surface area contributed by atoms with Gasteiger partial charge in [-0.25, -0.2) is 0 Å². The Morgan fingerprint density at radius 1 is 1.40 bits per heavy atom. The lowest BCUT2D eigenvalue weighted by molar-refractivity contribution is -0.107. The molecule has 0 aliphatic carbocycles. The summed E-state index contributed by atoms with van der Waals surface area (Å²) in [6.45, 7) is 5.17. The summed E-state index contributed by atoms with van der Waals surface area (Å²) in [5, 5.41) is 3.07. The zero-order chi connectivity index (χ0) is 8.24. The van der Waals surface area contributed by atoms with E-state index >= 15 is 0 Å². The Bertz CT molecular complexity index is 51.2. The van der Waals surface area contributed by atoms with Crippen LogP contribution in [0, 0.1) is 0 Å². The third kappa shape index (κ3) is 25.5. The SMILES string of the molecule is CCC=O.CCCCNC. The van der Waals surface area contributed by atoms with Gasteiger partial charge in [-0.05, 0) is 20.0 Å². The van der Waals surface area contributed by atoms with Crippen LogP contribution in [-0.4, -0.2) is 19.9 Å². The summed E-state index contributed by atoms with van der Waals surface area (Å²) in [6.07, 6.45) is 4.11. The number of unbranched alkanes of at least 4 members (excludes halogenated alkanes) is 1. The van der Waals surface area contributed by atoms with Gasteiger partial charge in [-0.2, -0.15) is 0 Å². The maximum absolute atomic E-state index is 9.17. The molecule has 0 aromatic carbocycles. The van der Waals surface area contributed by atoms with Crippen molar-refractivity contribution in [1.82, 2.24) is 5.32 Å². The minimum atomic E-state index is 0.639. The molecular formula is C8H19NO. The van der Waals surface area contributed by atoms with Crippen LogP contribution in [-0.2, 0) is 4.79 Å². The molecule has 10 heavy (non-hydrogen) atoms. The molecule has 0 aliphatic rings. The first-order valence-corrected chi connectivity index (χ1v) is 3.91. The van der Waals surface area contributed by atoms with Crippen LogP contribution in [0.15, 0.2) is 0 Å². The summed E-state index contributed by atoms with van der Waals surface area (Å²) >= 11 is 0. The standard InChI is InChI=1S/C5H13N.C3H6O/c1-3-4-5-6-2;1-2-3-4/h6H,3-5H2,1-2H3;3H,2H2,1H3. The van der Waals surface area contributed by atoms with Crippen molar-refractivity contribution in [2.24, 2.45) is 0 Å². The Balaban J connectivity index is 0. The smallest absolute Gasteiger partial charge is 0.119 e. The van der Waals surface area contributed by atoms with Gasteiger partial charge in [-0.1, -0.05) is 20.3 Å². The van der Waals surface area contributed by atoms with Crippen LogP contribution in [0.3, 0.4) is 0 Å². The lowest BCUT2D eigenvalue weighted by atomic mass is 10.3. The molecule has 0 heterocycles. The van der Waals surface area contributed by atoms with Gasteiger partial charge in [-0.15, -0.1) is 0 Å². The predicted octanol–water partition coefficient (Wildman–Crippen LogP) is 1.60. The van der Waals surface area contributed by atoms with Crippen molar-refractivity contribution in [3.05, 3.63) is 0 Å². The Morgan fingerprint density at radius 2 is 1.90 bits per heavy atom. The average molecular weight is 145 g/mol. The molecule has 0 spiro atoms. The molecule has 62 valence electrons. The minimum absolute atomic E-state index is 0.639. The molecule has 0 aliphatic heterocycles. The van der Waals surface area contributed by atoms with Crippen LogP contribution in [0.25, 0.3) is 0 Å². The van der Waals surface area contributed by atoms with Crippen molar-refractivity contribution >= 4 is 6.29 Å². The number of rotatable bonds is 4. The summed E-state index contributed by atoms with van der Waals surface area (Å²) in [4.78, 5) is 9.17. The maximum atomic E-state index is 9.17. The van der Waals surface area contributed by atoms with Crippen molar-refractivity contribution in [2.75, 3.05) is 13.6 Å². The molecule has 0 aromatic heterocycles. The first-order valence-electron chi connectivity index (χ1n) is 3.91. The van der Waals surface area contributed by atoms with E-state index < -0.39 is 0 Å². The highest BCUT2D eigenvalue weighted by Gasteiger charge is 1.73. The van der Waals surface area contributed by atoms with Crippen LogP contribution < -0.4 is 5.32 Å². The van der Waals surface area contributed by atoms with Crippen molar-refractivity contribution in [3.63, 3.8) is 0 Å². The molecule has 0 aromatic rings. The normalized spacial score (nSPS) is 7.90. The molecule has 0 saturated heterocycles. The summed E-state index contributed by atoms with van der Waals surface area (Å²) in [5.41, 5.74) is 0. The maximum Gasteiger partial charge on any atom is 0.119 e. The molecule has 0 rings (SSSR count). The number of carbonyl (C=O) groups is 1. The van der Waals surface area contributed by atoms with Crippen molar-refractivity contribution < 1.29 is 4.79 Å². The van der Waals surface area contributed by atoms with Gasteiger partial charge >= 0.3 is 0 Å². The largest absolute Gasteiger partial charge is 0.320 e. The van der Waals surface area contributed by atoms with Gasteiger partial charge in [-0.3, -0.25) is 0 Å². The third-order valence-electron chi connectivity index (χ3n) is 0.947. The summed E-state index contributed by atoms with van der Waals surface area (Å²) in [6, 6.07) is 0. The lowest BCUT2D eigenvalue weighted by Crippen LogP contribution is -2.06. The van der Waals surface area contributed by atoms with E-state index in [-0.39, 0.29) is 0 Å². The second-order valence-corrected chi connectivity index (χ2v) is 2.03. The fourth-order valence-electron chi connectivity index (χ4n) is 0.354. The second-order valence-electron chi connectivity index (χ2n) is 2.03. The van der Waals surface area contributed by atoms with E-state index in [0.29, 0.717) is 6.42 Å². The first kappa shape index (κ1) is 12.3. The predicted molar refractivity (Wildman–Crippen MR) is 45.2 cm³/mol.